The summed E-state index contributed by atoms with van der Waals surface area (Å²) in [6.45, 7) is 6.86. The minimum Gasteiger partial charge on any atom is -0.480 e. The zero-order valence-electron chi connectivity index (χ0n) is 12.5. The molecular formula is C13H24N4O4. The molecule has 1 unspecified atom stereocenters. The third-order valence-electron chi connectivity index (χ3n) is 3.82. The zero-order chi connectivity index (χ0) is 16.0. The fraction of sp³-hybridized carbons (Fsp3) is 0.769. The molecule has 1 heterocycles. The lowest BCUT2D eigenvalue weighted by molar-refractivity contribution is -0.141. The summed E-state index contributed by atoms with van der Waals surface area (Å²) >= 11 is 0. The van der Waals surface area contributed by atoms with E-state index in [0.717, 1.165) is 19.5 Å². The highest BCUT2D eigenvalue weighted by atomic mass is 16.4. The normalized spacial score (nSPS) is 18.9. The highest BCUT2D eigenvalue weighted by Gasteiger charge is 2.27. The summed E-state index contributed by atoms with van der Waals surface area (Å²) in [4.78, 5) is 37.7. The van der Waals surface area contributed by atoms with E-state index < -0.39 is 30.4 Å². The van der Waals surface area contributed by atoms with Crippen molar-refractivity contribution in [3.8, 4) is 0 Å². The van der Waals surface area contributed by atoms with Crippen molar-refractivity contribution in [2.24, 2.45) is 5.73 Å². The van der Waals surface area contributed by atoms with E-state index in [1.54, 1.807) is 4.90 Å². The number of rotatable bonds is 6. The van der Waals surface area contributed by atoms with Gasteiger partial charge >= 0.3 is 12.0 Å². The maximum absolute atomic E-state index is 12.0. The fourth-order valence-electron chi connectivity index (χ4n) is 2.27. The van der Waals surface area contributed by atoms with E-state index in [1.807, 2.05) is 0 Å². The van der Waals surface area contributed by atoms with Crippen molar-refractivity contribution in [2.75, 3.05) is 26.2 Å². The number of aliphatic carboxylic acids is 1. The van der Waals surface area contributed by atoms with Crippen LogP contribution >= 0.6 is 0 Å². The topological polar surface area (TPSA) is 116 Å². The van der Waals surface area contributed by atoms with Gasteiger partial charge in [-0.3, -0.25) is 9.69 Å². The summed E-state index contributed by atoms with van der Waals surface area (Å²) in [6.07, 6.45) is 0.639. The van der Waals surface area contributed by atoms with Crippen LogP contribution in [0.1, 0.15) is 26.7 Å². The van der Waals surface area contributed by atoms with Gasteiger partial charge in [0, 0.05) is 32.2 Å². The number of nitrogens with zero attached hydrogens (tertiary/aromatic N) is 2. The van der Waals surface area contributed by atoms with Crippen LogP contribution in [0.25, 0.3) is 0 Å². The quantitative estimate of drug-likeness (QED) is 0.608. The number of nitrogens with one attached hydrogen (secondary N) is 1. The van der Waals surface area contributed by atoms with Crippen molar-refractivity contribution in [1.82, 2.24) is 15.1 Å². The molecule has 0 bridgehead atoms. The minimum atomic E-state index is -1.28. The lowest BCUT2D eigenvalue weighted by Gasteiger charge is -2.38. The van der Waals surface area contributed by atoms with Crippen LogP contribution in [-0.2, 0) is 9.59 Å². The summed E-state index contributed by atoms with van der Waals surface area (Å²) in [5, 5.41) is 11.3. The van der Waals surface area contributed by atoms with Crippen molar-refractivity contribution < 1.29 is 19.5 Å². The number of carboxylic acids is 1. The summed E-state index contributed by atoms with van der Waals surface area (Å²) in [6, 6.07) is -1.27. The van der Waals surface area contributed by atoms with Crippen LogP contribution < -0.4 is 11.1 Å². The molecule has 1 fully saturated rings. The molecule has 3 amide bonds. The third-order valence-corrected chi connectivity index (χ3v) is 3.82. The second kappa shape index (κ2) is 7.82. The van der Waals surface area contributed by atoms with Gasteiger partial charge in [-0.25, -0.2) is 9.59 Å². The lowest BCUT2D eigenvalue weighted by Crippen LogP contribution is -2.56. The molecule has 0 aromatic rings. The molecule has 1 rings (SSSR count). The number of carboxylic acid groups (broad SMARTS) is 1. The molecule has 0 saturated carbocycles. The highest BCUT2D eigenvalue weighted by molar-refractivity contribution is 5.87. The van der Waals surface area contributed by atoms with Gasteiger partial charge in [0.2, 0.25) is 5.91 Å². The molecule has 21 heavy (non-hydrogen) atoms. The van der Waals surface area contributed by atoms with Gasteiger partial charge in [-0.15, -0.1) is 0 Å². The summed E-state index contributed by atoms with van der Waals surface area (Å²) in [7, 11) is 0. The number of carbonyl (C=O) groups is 3. The predicted octanol–water partition coefficient (Wildman–Crippen LogP) is -0.559. The number of urea groups is 1. The van der Waals surface area contributed by atoms with Crippen molar-refractivity contribution in [3.63, 3.8) is 0 Å². The Bertz CT molecular complexity index is 394. The molecule has 4 N–H and O–H groups in total. The first kappa shape index (κ1) is 17.2. The van der Waals surface area contributed by atoms with Crippen molar-refractivity contribution in [3.05, 3.63) is 0 Å². The van der Waals surface area contributed by atoms with Gasteiger partial charge in [0.05, 0.1) is 6.42 Å². The van der Waals surface area contributed by atoms with Crippen LogP contribution in [-0.4, -0.2) is 71.1 Å². The first-order chi connectivity index (χ1) is 9.85. The molecule has 8 nitrogen and oxygen atoms in total. The standard InChI is InChI=1S/C13H24N4O4/c1-3-9(2)16-4-6-17(7-5-16)13(21)15-10(12(19)20)8-11(14)18/h9-10H,3-8H2,1-2H3,(H2,14,18)(H,15,21)(H,19,20)/t9?,10-/m1/s1. The smallest absolute Gasteiger partial charge is 0.326 e. The van der Waals surface area contributed by atoms with Gasteiger partial charge in [-0.2, -0.15) is 0 Å². The Labute approximate surface area is 124 Å². The molecule has 0 radical (unpaired) electrons. The van der Waals surface area contributed by atoms with E-state index in [1.165, 1.54) is 0 Å². The molecule has 0 aliphatic carbocycles. The third kappa shape index (κ3) is 5.22. The first-order valence-corrected chi connectivity index (χ1v) is 7.15. The van der Waals surface area contributed by atoms with E-state index in [9.17, 15) is 14.4 Å². The summed E-state index contributed by atoms with van der Waals surface area (Å²) < 4.78 is 0. The SMILES string of the molecule is CCC(C)N1CCN(C(=O)N[C@H](CC(N)=O)C(=O)O)CC1. The average Bonchev–Trinajstić information content (AvgIpc) is 2.45. The Morgan fingerprint density at radius 2 is 1.81 bits per heavy atom. The summed E-state index contributed by atoms with van der Waals surface area (Å²) in [5.41, 5.74) is 4.98. The zero-order valence-corrected chi connectivity index (χ0v) is 12.5. The number of primary amides is 1. The van der Waals surface area contributed by atoms with E-state index in [0.29, 0.717) is 19.1 Å². The monoisotopic (exact) mass is 300 g/mol. The number of amides is 3. The van der Waals surface area contributed by atoms with Crippen LogP contribution in [0.3, 0.4) is 0 Å². The van der Waals surface area contributed by atoms with Crippen molar-refractivity contribution in [2.45, 2.75) is 38.8 Å². The van der Waals surface area contributed by atoms with Crippen LogP contribution in [0.2, 0.25) is 0 Å². The van der Waals surface area contributed by atoms with Gasteiger partial charge in [0.25, 0.3) is 0 Å². The second-order valence-electron chi connectivity index (χ2n) is 5.29. The van der Waals surface area contributed by atoms with E-state index in [2.05, 4.69) is 24.1 Å². The molecule has 0 aromatic heterocycles. The Morgan fingerprint density at radius 1 is 1.24 bits per heavy atom. The highest BCUT2D eigenvalue weighted by Crippen LogP contribution is 2.09. The van der Waals surface area contributed by atoms with Crippen LogP contribution in [0.5, 0.6) is 0 Å². The largest absolute Gasteiger partial charge is 0.480 e. The molecule has 120 valence electrons. The van der Waals surface area contributed by atoms with Gasteiger partial charge < -0.3 is 21.1 Å². The number of hydrogen-bond donors (Lipinski definition) is 3. The Balaban J connectivity index is 2.49. The Morgan fingerprint density at radius 3 is 2.24 bits per heavy atom. The average molecular weight is 300 g/mol. The van der Waals surface area contributed by atoms with Crippen molar-refractivity contribution >= 4 is 17.9 Å². The van der Waals surface area contributed by atoms with E-state index in [-0.39, 0.29) is 0 Å². The van der Waals surface area contributed by atoms with Crippen LogP contribution in [0.15, 0.2) is 0 Å². The minimum absolute atomic E-state index is 0.409. The maximum atomic E-state index is 12.0. The molecule has 1 aliphatic rings. The molecule has 0 aromatic carbocycles. The fourth-order valence-corrected chi connectivity index (χ4v) is 2.27. The molecule has 1 saturated heterocycles. The number of carbonyl (C=O) groups excluding carboxylic acids is 2. The first-order valence-electron chi connectivity index (χ1n) is 7.15. The Hall–Kier alpha value is -1.83. The van der Waals surface area contributed by atoms with Crippen LogP contribution in [0, 0.1) is 0 Å². The van der Waals surface area contributed by atoms with Gasteiger partial charge in [-0.1, -0.05) is 6.92 Å². The number of nitrogens with two attached hydrogens (primary N) is 1. The molecule has 0 spiro atoms. The molecule has 1 aliphatic heterocycles. The van der Waals surface area contributed by atoms with E-state index in [4.69, 9.17) is 10.8 Å². The number of piperazine rings is 1. The molecule has 2 atom stereocenters. The number of hydrogen-bond acceptors (Lipinski definition) is 4. The molecular weight excluding hydrogens is 276 g/mol. The van der Waals surface area contributed by atoms with Crippen LogP contribution in [0.4, 0.5) is 4.79 Å². The summed E-state index contributed by atoms with van der Waals surface area (Å²) in [5.74, 6) is -2.02. The van der Waals surface area contributed by atoms with Gasteiger partial charge in [0.15, 0.2) is 0 Å². The maximum Gasteiger partial charge on any atom is 0.326 e. The predicted molar refractivity (Wildman–Crippen MR) is 76.7 cm³/mol. The lowest BCUT2D eigenvalue weighted by atomic mass is 10.2. The van der Waals surface area contributed by atoms with Crippen molar-refractivity contribution in [1.29, 1.82) is 0 Å². The second-order valence-corrected chi connectivity index (χ2v) is 5.29. The molecule has 8 heteroatoms. The van der Waals surface area contributed by atoms with E-state index >= 15 is 0 Å². The Kier molecular flexibility index (Phi) is 6.41. The van der Waals surface area contributed by atoms with Gasteiger partial charge in [-0.05, 0) is 13.3 Å². The van der Waals surface area contributed by atoms with Gasteiger partial charge in [0.1, 0.15) is 6.04 Å².